The topological polar surface area (TPSA) is 94.2 Å². The van der Waals surface area contributed by atoms with E-state index >= 15 is 0 Å². The maximum atomic E-state index is 10.5. The van der Waals surface area contributed by atoms with Crippen molar-refractivity contribution in [3.8, 4) is 11.5 Å². The van der Waals surface area contributed by atoms with E-state index < -0.39 is 5.97 Å². The van der Waals surface area contributed by atoms with E-state index in [0.717, 1.165) is 55.8 Å². The first-order chi connectivity index (χ1) is 16.5. The minimum absolute atomic E-state index is 0.297. The maximum absolute atomic E-state index is 10.5. The third kappa shape index (κ3) is 9.33. The molecule has 34 heavy (non-hydrogen) atoms. The van der Waals surface area contributed by atoms with Crippen LogP contribution < -0.4 is 15.4 Å². The van der Waals surface area contributed by atoms with E-state index in [-0.39, 0.29) is 0 Å². The molecule has 1 heterocycles. The van der Waals surface area contributed by atoms with Crippen molar-refractivity contribution in [2.75, 3.05) is 20.8 Å². The number of carboxylic acid groups (broad SMARTS) is 1. The van der Waals surface area contributed by atoms with Crippen molar-refractivity contribution in [3.05, 3.63) is 59.2 Å². The Bertz CT molecular complexity index is 860. The number of benzene rings is 2. The Morgan fingerprint density at radius 1 is 1.00 bits per heavy atom. The first-order valence-corrected chi connectivity index (χ1v) is 12.0. The molecule has 1 aliphatic rings. The van der Waals surface area contributed by atoms with Crippen molar-refractivity contribution >= 4 is 5.97 Å². The third-order valence-electron chi connectivity index (χ3n) is 6.15. The molecule has 0 radical (unpaired) electrons. The van der Waals surface area contributed by atoms with Crippen LogP contribution in [0.5, 0.6) is 11.5 Å². The van der Waals surface area contributed by atoms with E-state index in [0.29, 0.717) is 19.1 Å². The molecule has 7 nitrogen and oxygen atoms in total. The molecule has 188 valence electrons. The van der Waals surface area contributed by atoms with Crippen LogP contribution in [0.15, 0.2) is 42.5 Å². The summed E-state index contributed by atoms with van der Waals surface area (Å²) in [5, 5.41) is 8.64. The molecule has 0 bridgehead atoms. The molecule has 0 spiro atoms. The lowest BCUT2D eigenvalue weighted by molar-refractivity contribution is -0.137. The summed E-state index contributed by atoms with van der Waals surface area (Å²) in [6.07, 6.45) is 6.60. The number of hydrogen-bond donors (Lipinski definition) is 2. The number of nitrogens with two attached hydrogens (primary N) is 1. The number of carboxylic acids is 1. The van der Waals surface area contributed by atoms with Gasteiger partial charge in [0.25, 0.3) is 0 Å². The Hall–Kier alpha value is -2.61. The summed E-state index contributed by atoms with van der Waals surface area (Å²) in [5.74, 6) is 5.78. The molecule has 0 aromatic heterocycles. The van der Waals surface area contributed by atoms with Crippen molar-refractivity contribution < 1.29 is 24.2 Å². The SMILES string of the molecule is COc1cc2c(cc1OC)CN(CCCCCCCC(=O)O)C(C)C2.NOCc1ccccc1. The van der Waals surface area contributed by atoms with Crippen molar-refractivity contribution in [2.45, 2.75) is 71.1 Å². The van der Waals surface area contributed by atoms with Gasteiger partial charge in [0.1, 0.15) is 0 Å². The second-order valence-corrected chi connectivity index (χ2v) is 8.71. The van der Waals surface area contributed by atoms with Crippen LogP contribution in [-0.4, -0.2) is 42.8 Å². The van der Waals surface area contributed by atoms with Crippen molar-refractivity contribution in [2.24, 2.45) is 5.90 Å². The van der Waals surface area contributed by atoms with Crippen molar-refractivity contribution in [1.29, 1.82) is 0 Å². The molecule has 0 saturated carbocycles. The summed E-state index contributed by atoms with van der Waals surface area (Å²) in [5.41, 5.74) is 3.78. The molecule has 3 rings (SSSR count). The van der Waals surface area contributed by atoms with Crippen LogP contribution in [0.2, 0.25) is 0 Å². The molecule has 0 saturated heterocycles. The highest BCUT2D eigenvalue weighted by atomic mass is 16.6. The minimum atomic E-state index is -0.687. The fourth-order valence-corrected chi connectivity index (χ4v) is 4.21. The lowest BCUT2D eigenvalue weighted by Crippen LogP contribution is -2.38. The van der Waals surface area contributed by atoms with Gasteiger partial charge in [-0.2, -0.15) is 0 Å². The van der Waals surface area contributed by atoms with Crippen LogP contribution in [0.4, 0.5) is 0 Å². The van der Waals surface area contributed by atoms with Gasteiger partial charge in [0.05, 0.1) is 20.8 Å². The van der Waals surface area contributed by atoms with Crippen LogP contribution in [0.25, 0.3) is 0 Å². The van der Waals surface area contributed by atoms with Crippen LogP contribution in [0.3, 0.4) is 0 Å². The molecule has 1 atom stereocenters. The number of ether oxygens (including phenoxy) is 2. The van der Waals surface area contributed by atoms with E-state index in [1.54, 1.807) is 14.2 Å². The monoisotopic (exact) mass is 472 g/mol. The Morgan fingerprint density at radius 2 is 1.62 bits per heavy atom. The minimum Gasteiger partial charge on any atom is -0.493 e. The molecule has 7 heteroatoms. The van der Waals surface area contributed by atoms with Gasteiger partial charge in [-0.05, 0) is 61.6 Å². The van der Waals surface area contributed by atoms with Gasteiger partial charge in [0.2, 0.25) is 0 Å². The first kappa shape index (κ1) is 27.6. The zero-order chi connectivity index (χ0) is 24.8. The van der Waals surface area contributed by atoms with E-state index in [9.17, 15) is 4.79 Å². The number of carbonyl (C=O) groups is 1. The average Bonchev–Trinajstić information content (AvgIpc) is 2.84. The Morgan fingerprint density at radius 3 is 2.24 bits per heavy atom. The van der Waals surface area contributed by atoms with E-state index in [2.05, 4.69) is 28.8 Å². The lowest BCUT2D eigenvalue weighted by atomic mass is 9.93. The fraction of sp³-hybridized carbons (Fsp3) is 0.519. The molecule has 2 aromatic rings. The van der Waals surface area contributed by atoms with Crippen LogP contribution in [0.1, 0.15) is 62.1 Å². The molecule has 2 aromatic carbocycles. The predicted octanol–water partition coefficient (Wildman–Crippen LogP) is 4.95. The second-order valence-electron chi connectivity index (χ2n) is 8.71. The number of rotatable bonds is 12. The number of methoxy groups -OCH3 is 2. The van der Waals surface area contributed by atoms with Crippen LogP contribution in [0, 0.1) is 0 Å². The van der Waals surface area contributed by atoms with Gasteiger partial charge in [0, 0.05) is 19.0 Å². The Labute approximate surface area is 203 Å². The van der Waals surface area contributed by atoms with Gasteiger partial charge in [-0.3, -0.25) is 14.5 Å². The van der Waals surface area contributed by atoms with Crippen LogP contribution in [-0.2, 0) is 29.2 Å². The van der Waals surface area contributed by atoms with Crippen LogP contribution >= 0.6 is 0 Å². The third-order valence-corrected chi connectivity index (χ3v) is 6.15. The first-order valence-electron chi connectivity index (χ1n) is 12.0. The summed E-state index contributed by atoms with van der Waals surface area (Å²) in [6.45, 7) is 4.82. The van der Waals surface area contributed by atoms with Gasteiger partial charge in [0.15, 0.2) is 11.5 Å². The normalized spacial score (nSPS) is 15.1. The molecular weight excluding hydrogens is 432 g/mol. The van der Waals surface area contributed by atoms with Gasteiger partial charge < -0.3 is 14.6 Å². The fourth-order valence-electron chi connectivity index (χ4n) is 4.21. The Balaban J connectivity index is 0.000000379. The molecular formula is C27H40N2O5. The maximum Gasteiger partial charge on any atom is 0.303 e. The van der Waals surface area contributed by atoms with Gasteiger partial charge >= 0.3 is 5.97 Å². The summed E-state index contributed by atoms with van der Waals surface area (Å²) in [6, 6.07) is 14.5. The zero-order valence-corrected chi connectivity index (χ0v) is 20.8. The predicted molar refractivity (Wildman–Crippen MR) is 134 cm³/mol. The smallest absolute Gasteiger partial charge is 0.303 e. The summed E-state index contributed by atoms with van der Waals surface area (Å²) < 4.78 is 10.8. The summed E-state index contributed by atoms with van der Waals surface area (Å²) in [4.78, 5) is 17.5. The van der Waals surface area contributed by atoms with Crippen molar-refractivity contribution in [3.63, 3.8) is 0 Å². The second kappa shape index (κ2) is 15.3. The number of aliphatic carboxylic acids is 1. The summed E-state index contributed by atoms with van der Waals surface area (Å²) >= 11 is 0. The van der Waals surface area contributed by atoms with E-state index in [1.165, 1.54) is 24.0 Å². The number of fused-ring (bicyclic) bond motifs is 1. The number of nitrogens with zero attached hydrogens (tertiary/aromatic N) is 1. The zero-order valence-electron chi connectivity index (χ0n) is 20.8. The summed E-state index contributed by atoms with van der Waals surface area (Å²) in [7, 11) is 3.36. The van der Waals surface area contributed by atoms with Crippen molar-refractivity contribution in [1.82, 2.24) is 4.90 Å². The van der Waals surface area contributed by atoms with E-state index in [4.69, 9.17) is 20.5 Å². The van der Waals surface area contributed by atoms with Gasteiger partial charge in [-0.25, -0.2) is 5.90 Å². The highest BCUT2D eigenvalue weighted by molar-refractivity contribution is 5.66. The van der Waals surface area contributed by atoms with Gasteiger partial charge in [-0.15, -0.1) is 0 Å². The highest BCUT2D eigenvalue weighted by Crippen LogP contribution is 2.34. The largest absolute Gasteiger partial charge is 0.493 e. The molecule has 0 amide bonds. The quantitative estimate of drug-likeness (QED) is 0.333. The molecule has 1 aliphatic heterocycles. The van der Waals surface area contributed by atoms with Gasteiger partial charge in [-0.1, -0.05) is 49.6 Å². The molecule has 3 N–H and O–H groups in total. The average molecular weight is 473 g/mol. The Kier molecular flexibility index (Phi) is 12.5. The highest BCUT2D eigenvalue weighted by Gasteiger charge is 2.24. The molecule has 0 fully saturated rings. The number of unbranched alkanes of at least 4 members (excludes halogenated alkanes) is 4. The standard InChI is InChI=1S/C20H31NO4.C7H9NO/c1-15-11-16-12-18(24-2)19(25-3)13-17(16)14-21(15)10-8-6-4-5-7-9-20(22)23;8-9-6-7-4-2-1-3-5-7/h12-13,15H,4-11,14H2,1-3H3,(H,22,23);1-5H,6,8H2. The van der Waals surface area contributed by atoms with E-state index in [1.807, 2.05) is 30.3 Å². The molecule has 1 unspecified atom stereocenters. The lowest BCUT2D eigenvalue weighted by Gasteiger charge is -2.35. The number of hydrogen-bond acceptors (Lipinski definition) is 6. The molecule has 0 aliphatic carbocycles.